The van der Waals surface area contributed by atoms with Crippen LogP contribution in [0.2, 0.25) is 0 Å². The molecule has 1 N–H and O–H groups in total. The Morgan fingerprint density at radius 1 is 1.33 bits per heavy atom. The quantitative estimate of drug-likeness (QED) is 0.898. The molecule has 4 nitrogen and oxygen atoms in total. The fourth-order valence-corrected chi connectivity index (χ4v) is 2.09. The molecule has 0 aliphatic rings. The summed E-state index contributed by atoms with van der Waals surface area (Å²) in [5, 5.41) is 10.2. The van der Waals surface area contributed by atoms with Crippen molar-refractivity contribution in [3.05, 3.63) is 46.4 Å². The van der Waals surface area contributed by atoms with Crippen LogP contribution in [0, 0.1) is 6.92 Å². The van der Waals surface area contributed by atoms with Gasteiger partial charge in [0.25, 0.3) is 5.56 Å². The van der Waals surface area contributed by atoms with Gasteiger partial charge in [0.2, 0.25) is 0 Å². The first-order valence-corrected chi connectivity index (χ1v) is 5.90. The molecule has 1 aromatic carbocycles. The Labute approximate surface area is 104 Å². The number of hydrogen-bond acceptors (Lipinski definition) is 2. The second kappa shape index (κ2) is 5.04. The van der Waals surface area contributed by atoms with Crippen LogP contribution in [0.5, 0.6) is 0 Å². The second-order valence-electron chi connectivity index (χ2n) is 4.33. The molecule has 0 aliphatic carbocycles. The first kappa shape index (κ1) is 12.4. The number of benzene rings is 1. The predicted octanol–water partition coefficient (Wildman–Crippen LogP) is 2.17. The van der Waals surface area contributed by atoms with Crippen LogP contribution in [0.4, 0.5) is 0 Å². The average molecular weight is 245 g/mol. The topological polar surface area (TPSA) is 59.3 Å². The first-order chi connectivity index (χ1) is 8.59. The summed E-state index contributed by atoms with van der Waals surface area (Å²) in [5.41, 5.74) is 0.820. The molecule has 0 unspecified atom stereocenters. The number of nitrogens with zero attached hydrogens (tertiary/aromatic N) is 1. The minimum atomic E-state index is -0.832. The van der Waals surface area contributed by atoms with Gasteiger partial charge in [-0.2, -0.15) is 0 Å². The van der Waals surface area contributed by atoms with Crippen LogP contribution in [0.1, 0.15) is 18.5 Å². The van der Waals surface area contributed by atoms with Gasteiger partial charge in [-0.3, -0.25) is 9.59 Å². The molecule has 0 spiro atoms. The van der Waals surface area contributed by atoms with E-state index in [-0.39, 0.29) is 12.0 Å². The maximum atomic E-state index is 12.2. The highest BCUT2D eigenvalue weighted by molar-refractivity contribution is 5.81. The summed E-state index contributed by atoms with van der Waals surface area (Å²) in [6, 6.07) is 9.39. The predicted molar refractivity (Wildman–Crippen MR) is 69.8 cm³/mol. The van der Waals surface area contributed by atoms with Crippen molar-refractivity contribution < 1.29 is 9.90 Å². The van der Waals surface area contributed by atoms with Crippen molar-refractivity contribution >= 4 is 16.7 Å². The Morgan fingerprint density at radius 2 is 2.06 bits per heavy atom. The van der Waals surface area contributed by atoms with E-state index in [4.69, 9.17) is 5.11 Å². The maximum Gasteiger partial charge on any atom is 0.303 e. The van der Waals surface area contributed by atoms with Crippen LogP contribution < -0.4 is 5.56 Å². The van der Waals surface area contributed by atoms with Crippen LogP contribution in [-0.2, 0) is 11.3 Å². The molecule has 1 heterocycles. The Morgan fingerprint density at radius 3 is 2.78 bits per heavy atom. The molecule has 2 aromatic rings. The zero-order valence-electron chi connectivity index (χ0n) is 10.2. The molecule has 0 radical (unpaired) electrons. The van der Waals surface area contributed by atoms with Crippen LogP contribution in [-0.4, -0.2) is 15.6 Å². The van der Waals surface area contributed by atoms with Gasteiger partial charge in [0.15, 0.2) is 0 Å². The Balaban J connectivity index is 2.38. The highest BCUT2D eigenvalue weighted by Crippen LogP contribution is 2.11. The van der Waals surface area contributed by atoms with Crippen molar-refractivity contribution in [1.29, 1.82) is 0 Å². The van der Waals surface area contributed by atoms with Crippen molar-refractivity contribution in [2.75, 3.05) is 0 Å². The van der Waals surface area contributed by atoms with E-state index >= 15 is 0 Å². The van der Waals surface area contributed by atoms with Gasteiger partial charge < -0.3 is 9.67 Å². The van der Waals surface area contributed by atoms with Gasteiger partial charge in [0, 0.05) is 24.0 Å². The number of fused-ring (bicyclic) bond motifs is 1. The number of aromatic nitrogens is 1. The van der Waals surface area contributed by atoms with Crippen molar-refractivity contribution in [2.24, 2.45) is 0 Å². The van der Waals surface area contributed by atoms with E-state index in [0.717, 1.165) is 11.1 Å². The molecule has 94 valence electrons. The number of carbonyl (C=O) groups is 1. The lowest BCUT2D eigenvalue weighted by atomic mass is 10.1. The van der Waals surface area contributed by atoms with Crippen LogP contribution >= 0.6 is 0 Å². The molecule has 18 heavy (non-hydrogen) atoms. The lowest BCUT2D eigenvalue weighted by molar-refractivity contribution is -0.137. The van der Waals surface area contributed by atoms with Crippen molar-refractivity contribution in [3.63, 3.8) is 0 Å². The van der Waals surface area contributed by atoms with Crippen LogP contribution in [0.15, 0.2) is 35.1 Å². The zero-order valence-corrected chi connectivity index (χ0v) is 10.2. The molecule has 0 saturated carbocycles. The van der Waals surface area contributed by atoms with E-state index in [1.165, 1.54) is 0 Å². The van der Waals surface area contributed by atoms with Gasteiger partial charge in [-0.15, -0.1) is 0 Å². The second-order valence-corrected chi connectivity index (χ2v) is 4.33. The summed E-state index contributed by atoms with van der Waals surface area (Å²) in [6.07, 6.45) is 0.549. The highest BCUT2D eigenvalue weighted by Gasteiger charge is 2.06. The standard InChI is InChI=1S/C14H15NO3/c1-10-9-11-5-2-3-6-12(11)14(18)15(10)8-4-7-13(16)17/h2-3,5-6,9H,4,7-8H2,1H3,(H,16,17). The van der Waals surface area contributed by atoms with Gasteiger partial charge in [-0.1, -0.05) is 18.2 Å². The molecule has 2 rings (SSSR count). The largest absolute Gasteiger partial charge is 0.481 e. The Bertz CT molecular complexity index is 643. The number of aliphatic carboxylic acids is 1. The number of aryl methyl sites for hydroxylation is 1. The van der Waals surface area contributed by atoms with Gasteiger partial charge in [0.1, 0.15) is 0 Å². The molecular weight excluding hydrogens is 230 g/mol. The molecule has 1 aromatic heterocycles. The minimum absolute atomic E-state index is 0.0454. The lowest BCUT2D eigenvalue weighted by Gasteiger charge is -2.10. The molecule has 0 amide bonds. The summed E-state index contributed by atoms with van der Waals surface area (Å²) in [7, 11) is 0. The van der Waals surface area contributed by atoms with Crippen LogP contribution in [0.25, 0.3) is 10.8 Å². The first-order valence-electron chi connectivity index (χ1n) is 5.90. The molecule has 0 bridgehead atoms. The number of hydrogen-bond donors (Lipinski definition) is 1. The average Bonchev–Trinajstić information content (AvgIpc) is 2.33. The monoisotopic (exact) mass is 245 g/mol. The number of rotatable bonds is 4. The lowest BCUT2D eigenvalue weighted by Crippen LogP contribution is -2.22. The smallest absolute Gasteiger partial charge is 0.303 e. The van der Waals surface area contributed by atoms with Crippen molar-refractivity contribution in [2.45, 2.75) is 26.3 Å². The molecule has 0 saturated heterocycles. The molecule has 4 heteroatoms. The molecular formula is C14H15NO3. The van der Waals surface area contributed by atoms with E-state index in [1.807, 2.05) is 31.2 Å². The summed E-state index contributed by atoms with van der Waals surface area (Å²) >= 11 is 0. The number of carboxylic acids is 1. The van der Waals surface area contributed by atoms with E-state index < -0.39 is 5.97 Å². The van der Waals surface area contributed by atoms with Gasteiger partial charge in [-0.05, 0) is 30.9 Å². The summed E-state index contributed by atoms with van der Waals surface area (Å²) in [6.45, 7) is 2.32. The van der Waals surface area contributed by atoms with Gasteiger partial charge in [-0.25, -0.2) is 0 Å². The molecule has 0 atom stereocenters. The third-order valence-corrected chi connectivity index (χ3v) is 3.00. The summed E-state index contributed by atoms with van der Waals surface area (Å²) in [5.74, 6) is -0.832. The third-order valence-electron chi connectivity index (χ3n) is 3.00. The van der Waals surface area contributed by atoms with Crippen molar-refractivity contribution in [3.8, 4) is 0 Å². The summed E-state index contributed by atoms with van der Waals surface area (Å²) < 4.78 is 1.64. The molecule has 0 fully saturated rings. The van der Waals surface area contributed by atoms with E-state index in [1.54, 1.807) is 10.6 Å². The number of carboxylic acid groups (broad SMARTS) is 1. The zero-order chi connectivity index (χ0) is 13.1. The minimum Gasteiger partial charge on any atom is -0.481 e. The van der Waals surface area contributed by atoms with E-state index in [2.05, 4.69) is 0 Å². The number of pyridine rings is 1. The van der Waals surface area contributed by atoms with Crippen molar-refractivity contribution in [1.82, 2.24) is 4.57 Å². The highest BCUT2D eigenvalue weighted by atomic mass is 16.4. The fraction of sp³-hybridized carbons (Fsp3) is 0.286. The molecule has 0 aliphatic heterocycles. The SMILES string of the molecule is Cc1cc2ccccc2c(=O)n1CCCC(=O)O. The van der Waals surface area contributed by atoms with Gasteiger partial charge in [0.05, 0.1) is 0 Å². The van der Waals surface area contributed by atoms with Gasteiger partial charge >= 0.3 is 5.97 Å². The van der Waals surface area contributed by atoms with E-state index in [0.29, 0.717) is 18.4 Å². The Kier molecular flexibility index (Phi) is 3.46. The maximum absolute atomic E-state index is 12.2. The third kappa shape index (κ3) is 2.42. The Hall–Kier alpha value is -2.10. The van der Waals surface area contributed by atoms with E-state index in [9.17, 15) is 9.59 Å². The van der Waals surface area contributed by atoms with Crippen LogP contribution in [0.3, 0.4) is 0 Å². The fourth-order valence-electron chi connectivity index (χ4n) is 2.09. The normalized spacial score (nSPS) is 10.7. The summed E-state index contributed by atoms with van der Waals surface area (Å²) in [4.78, 5) is 22.7.